The van der Waals surface area contributed by atoms with Gasteiger partial charge in [0.25, 0.3) is 0 Å². The summed E-state index contributed by atoms with van der Waals surface area (Å²) in [5.74, 6) is 0. The van der Waals surface area contributed by atoms with Crippen LogP contribution in [0.2, 0.25) is 0 Å². The summed E-state index contributed by atoms with van der Waals surface area (Å²) in [6.45, 7) is 4.54. The number of amides is 2. The van der Waals surface area contributed by atoms with Crippen LogP contribution in [0.1, 0.15) is 31.4 Å². The molecule has 1 atom stereocenters. The van der Waals surface area contributed by atoms with E-state index in [0.717, 1.165) is 31.4 Å². The third-order valence-corrected chi connectivity index (χ3v) is 8.70. The first-order valence-electron chi connectivity index (χ1n) is 10.7. The molecule has 2 aliphatic rings. The van der Waals surface area contributed by atoms with Gasteiger partial charge >= 0.3 is 6.03 Å². The fourth-order valence-corrected chi connectivity index (χ4v) is 6.09. The van der Waals surface area contributed by atoms with Crippen LogP contribution in [0.4, 0.5) is 10.5 Å². The van der Waals surface area contributed by atoms with E-state index in [2.05, 4.69) is 40.3 Å². The van der Waals surface area contributed by atoms with Gasteiger partial charge in [-0.25, -0.2) is 18.2 Å². The van der Waals surface area contributed by atoms with Crippen LogP contribution in [0.25, 0.3) is 10.2 Å². The van der Waals surface area contributed by atoms with E-state index in [1.54, 1.807) is 40.5 Å². The van der Waals surface area contributed by atoms with Crippen LogP contribution in [0.15, 0.2) is 52.9 Å². The third kappa shape index (κ3) is 3.89. The molecule has 1 spiro atoms. The number of hydrogen-bond donors (Lipinski definition) is 1. The van der Waals surface area contributed by atoms with Crippen LogP contribution in [-0.2, 0) is 9.84 Å². The topological polar surface area (TPSA) is 82.6 Å². The number of urea groups is 1. The number of carbonyl (C=O) groups is 1. The predicted octanol–water partition coefficient (Wildman–Crippen LogP) is 3.83. The van der Waals surface area contributed by atoms with Crippen molar-refractivity contribution in [2.75, 3.05) is 30.8 Å². The van der Waals surface area contributed by atoms with Crippen molar-refractivity contribution in [3.05, 3.63) is 53.5 Å². The zero-order valence-corrected chi connectivity index (χ0v) is 19.7. The molecule has 2 saturated heterocycles. The van der Waals surface area contributed by atoms with Crippen LogP contribution in [0, 0.1) is 0 Å². The molecule has 0 saturated carbocycles. The molecule has 5 rings (SSSR count). The first-order chi connectivity index (χ1) is 15.2. The van der Waals surface area contributed by atoms with Gasteiger partial charge in [-0.2, -0.15) is 0 Å². The van der Waals surface area contributed by atoms with E-state index in [1.807, 2.05) is 5.51 Å². The first kappa shape index (κ1) is 21.4. The molecule has 2 aliphatic heterocycles. The van der Waals surface area contributed by atoms with Crippen LogP contribution in [0.3, 0.4) is 0 Å². The van der Waals surface area contributed by atoms with E-state index in [9.17, 15) is 13.2 Å². The lowest BCUT2D eigenvalue weighted by atomic mass is 9.87. The summed E-state index contributed by atoms with van der Waals surface area (Å²) in [7, 11) is -3.33. The highest BCUT2D eigenvalue weighted by molar-refractivity contribution is 7.90. The summed E-state index contributed by atoms with van der Waals surface area (Å²) in [6, 6.07) is 13.2. The molecule has 2 aromatic carbocycles. The molecule has 0 bridgehead atoms. The minimum absolute atomic E-state index is 0.161. The zero-order chi connectivity index (χ0) is 22.5. The molecule has 9 heteroatoms. The average molecular weight is 471 g/mol. The average Bonchev–Trinajstić information content (AvgIpc) is 3.37. The van der Waals surface area contributed by atoms with E-state index in [-0.39, 0.29) is 22.5 Å². The molecule has 7 nitrogen and oxygen atoms in total. The lowest BCUT2D eigenvalue weighted by molar-refractivity contribution is 0.121. The van der Waals surface area contributed by atoms with Gasteiger partial charge < -0.3 is 5.32 Å². The van der Waals surface area contributed by atoms with E-state index in [0.29, 0.717) is 12.2 Å². The number of carbonyl (C=O) groups excluding carboxylic acids is 1. The summed E-state index contributed by atoms with van der Waals surface area (Å²) in [5, 5.41) is 3.20. The summed E-state index contributed by atoms with van der Waals surface area (Å²) < 4.78 is 25.0. The highest BCUT2D eigenvalue weighted by atomic mass is 32.2. The van der Waals surface area contributed by atoms with Crippen molar-refractivity contribution >= 4 is 43.1 Å². The Bertz CT molecular complexity index is 1280. The van der Waals surface area contributed by atoms with Gasteiger partial charge in [0.1, 0.15) is 0 Å². The number of thiazole rings is 1. The number of fused-ring (bicyclic) bond motifs is 1. The summed E-state index contributed by atoms with van der Waals surface area (Å²) >= 11 is 1.65. The molecule has 2 fully saturated rings. The van der Waals surface area contributed by atoms with Crippen LogP contribution in [-0.4, -0.2) is 55.8 Å². The van der Waals surface area contributed by atoms with Crippen LogP contribution >= 0.6 is 11.3 Å². The highest BCUT2D eigenvalue weighted by Crippen LogP contribution is 2.35. The van der Waals surface area contributed by atoms with Gasteiger partial charge in [0.2, 0.25) is 0 Å². The van der Waals surface area contributed by atoms with Crippen molar-refractivity contribution in [3.63, 3.8) is 0 Å². The Morgan fingerprint density at radius 1 is 1.16 bits per heavy atom. The second kappa shape index (κ2) is 7.83. The smallest absolute Gasteiger partial charge is 0.322 e. The third-order valence-electron chi connectivity index (χ3n) is 6.78. The molecular formula is C23H26N4O3S2. The SMILES string of the molecule is CC(c1ccc2scnc2c1)N1CCC2(CC1)CN(c1cccc(S(C)(=O)=O)c1)C(=O)N2. The molecule has 1 aromatic heterocycles. The van der Waals surface area contributed by atoms with Gasteiger partial charge in [-0.05, 0) is 55.7 Å². The summed E-state index contributed by atoms with van der Waals surface area (Å²) in [6.07, 6.45) is 2.88. The van der Waals surface area contributed by atoms with E-state index in [4.69, 9.17) is 0 Å². The number of nitrogens with one attached hydrogen (secondary N) is 1. The maximum absolute atomic E-state index is 12.8. The monoisotopic (exact) mass is 470 g/mol. The highest BCUT2D eigenvalue weighted by Gasteiger charge is 2.45. The minimum Gasteiger partial charge on any atom is -0.330 e. The number of rotatable bonds is 4. The van der Waals surface area contributed by atoms with Crippen LogP contribution < -0.4 is 10.2 Å². The number of nitrogens with zero attached hydrogens (tertiary/aromatic N) is 3. The molecule has 0 aliphatic carbocycles. The lowest BCUT2D eigenvalue weighted by Gasteiger charge is -2.41. The van der Waals surface area contributed by atoms with Gasteiger partial charge in [-0.1, -0.05) is 12.1 Å². The minimum atomic E-state index is -3.33. The van der Waals surface area contributed by atoms with E-state index < -0.39 is 9.84 Å². The molecule has 0 radical (unpaired) electrons. The van der Waals surface area contributed by atoms with Gasteiger partial charge in [0.05, 0.1) is 32.7 Å². The molecule has 1 N–H and O–H groups in total. The van der Waals surface area contributed by atoms with Crippen molar-refractivity contribution in [2.45, 2.75) is 36.2 Å². The maximum atomic E-state index is 12.8. The predicted molar refractivity (Wildman–Crippen MR) is 127 cm³/mol. The fraction of sp³-hybridized carbons (Fsp3) is 0.391. The molecule has 3 aromatic rings. The molecule has 168 valence electrons. The maximum Gasteiger partial charge on any atom is 0.322 e. The van der Waals surface area contributed by atoms with Crippen molar-refractivity contribution in [2.24, 2.45) is 0 Å². The zero-order valence-electron chi connectivity index (χ0n) is 18.1. The Balaban J connectivity index is 1.29. The quantitative estimate of drug-likeness (QED) is 0.627. The standard InChI is InChI=1S/C23H26N4O3S2/c1-16(17-6-7-21-20(12-17)24-15-31-21)26-10-8-23(9-11-26)14-27(22(28)25-23)18-4-3-5-19(13-18)32(2,29)30/h3-7,12-13,15-16H,8-11,14H2,1-2H3,(H,25,28). The number of likely N-dealkylation sites (tertiary alicyclic amines) is 1. The Morgan fingerprint density at radius 2 is 1.94 bits per heavy atom. The Morgan fingerprint density at radius 3 is 2.69 bits per heavy atom. The second-order valence-electron chi connectivity index (χ2n) is 8.86. The molecule has 2 amide bonds. The van der Waals surface area contributed by atoms with Crippen LogP contribution in [0.5, 0.6) is 0 Å². The van der Waals surface area contributed by atoms with Crippen molar-refractivity contribution < 1.29 is 13.2 Å². The molecule has 3 heterocycles. The Kier molecular flexibility index (Phi) is 5.22. The number of sulfone groups is 1. The molecular weight excluding hydrogens is 444 g/mol. The van der Waals surface area contributed by atoms with Crippen molar-refractivity contribution in [1.82, 2.24) is 15.2 Å². The normalized spacial score (nSPS) is 20.1. The number of piperidine rings is 1. The number of anilines is 1. The summed E-state index contributed by atoms with van der Waals surface area (Å²) in [4.78, 5) is 21.6. The van der Waals surface area contributed by atoms with Crippen molar-refractivity contribution in [3.8, 4) is 0 Å². The van der Waals surface area contributed by atoms with Crippen molar-refractivity contribution in [1.29, 1.82) is 0 Å². The lowest BCUT2D eigenvalue weighted by Crippen LogP contribution is -2.52. The van der Waals surface area contributed by atoms with Gasteiger partial charge in [0, 0.05) is 31.1 Å². The Hall–Kier alpha value is -2.49. The first-order valence-corrected chi connectivity index (χ1v) is 13.5. The second-order valence-corrected chi connectivity index (χ2v) is 11.8. The van der Waals surface area contributed by atoms with E-state index in [1.165, 1.54) is 16.5 Å². The number of benzene rings is 2. The summed E-state index contributed by atoms with van der Waals surface area (Å²) in [5.41, 5.74) is 4.52. The van der Waals surface area contributed by atoms with Gasteiger partial charge in [-0.15, -0.1) is 11.3 Å². The van der Waals surface area contributed by atoms with E-state index >= 15 is 0 Å². The Labute approximate surface area is 192 Å². The van der Waals surface area contributed by atoms with Gasteiger partial charge in [0.15, 0.2) is 9.84 Å². The molecule has 32 heavy (non-hydrogen) atoms. The van der Waals surface area contributed by atoms with Gasteiger partial charge in [-0.3, -0.25) is 9.80 Å². The fourth-order valence-electron chi connectivity index (χ4n) is 4.77. The number of hydrogen-bond acceptors (Lipinski definition) is 6. The number of aromatic nitrogens is 1. The molecule has 1 unspecified atom stereocenters. The largest absolute Gasteiger partial charge is 0.330 e.